The maximum absolute atomic E-state index is 11.8. The average Bonchev–Trinajstić information content (AvgIpc) is 2.11. The van der Waals surface area contributed by atoms with Crippen LogP contribution in [0.25, 0.3) is 0 Å². The second kappa shape index (κ2) is 2.14. The lowest BCUT2D eigenvalue weighted by Gasteiger charge is -1.98. The Bertz CT molecular complexity index is 246. The van der Waals surface area contributed by atoms with Gasteiger partial charge in [0.15, 0.2) is 5.69 Å². The van der Waals surface area contributed by atoms with Gasteiger partial charge in [-0.15, -0.1) is 0 Å². The second-order valence-electron chi connectivity index (χ2n) is 1.92. The maximum atomic E-state index is 11.8. The first kappa shape index (κ1) is 7.90. The number of hydrogen-bond acceptors (Lipinski definition) is 2. The Kier molecular flexibility index (Phi) is 1.54. The lowest BCUT2D eigenvalue weighted by molar-refractivity contribution is -0.141. The smallest absolute Gasteiger partial charge is 0.435 e. The molecule has 1 rings (SSSR count). The number of alkyl halides is 3. The molecule has 1 radical (unpaired) electrons. The number of nitrogens with zero attached hydrogens (tertiary/aromatic N) is 2. The zero-order chi connectivity index (χ0) is 8.65. The summed E-state index contributed by atoms with van der Waals surface area (Å²) in [5.41, 5.74) is -1.21. The standard InChI is InChI=1S/C5H4F3N2O/c1-10-4(11)2-3(9-10)5(6,7)8/h11H,1H3. The highest BCUT2D eigenvalue weighted by Crippen LogP contribution is 2.29. The fourth-order valence-corrected chi connectivity index (χ4v) is 0.537. The molecule has 0 amide bonds. The van der Waals surface area contributed by atoms with Gasteiger partial charge < -0.3 is 5.11 Å². The summed E-state index contributed by atoms with van der Waals surface area (Å²) in [5.74, 6) is -0.627. The van der Waals surface area contributed by atoms with Crippen molar-refractivity contribution in [3.05, 3.63) is 11.8 Å². The molecule has 0 aliphatic carbocycles. The molecule has 6 heteroatoms. The maximum Gasteiger partial charge on any atom is 0.435 e. The molecule has 1 heterocycles. The third-order valence-corrected chi connectivity index (χ3v) is 1.06. The molecule has 0 aliphatic heterocycles. The van der Waals surface area contributed by atoms with Crippen LogP contribution in [0.15, 0.2) is 0 Å². The highest BCUT2D eigenvalue weighted by atomic mass is 19.4. The molecule has 1 aromatic rings. The van der Waals surface area contributed by atoms with E-state index in [0.29, 0.717) is 4.68 Å². The first-order valence-electron chi connectivity index (χ1n) is 2.63. The van der Waals surface area contributed by atoms with Gasteiger partial charge in [0.2, 0.25) is 5.88 Å². The van der Waals surface area contributed by atoms with Crippen molar-refractivity contribution in [3.8, 4) is 5.88 Å². The van der Waals surface area contributed by atoms with Gasteiger partial charge in [-0.25, -0.2) is 4.68 Å². The van der Waals surface area contributed by atoms with E-state index in [1.54, 1.807) is 6.07 Å². The third-order valence-electron chi connectivity index (χ3n) is 1.06. The van der Waals surface area contributed by atoms with E-state index in [2.05, 4.69) is 5.10 Å². The fourth-order valence-electron chi connectivity index (χ4n) is 0.537. The normalized spacial score (nSPS) is 12.0. The molecule has 0 fully saturated rings. The summed E-state index contributed by atoms with van der Waals surface area (Å²) in [6.07, 6.45) is -4.54. The molecule has 3 nitrogen and oxygen atoms in total. The van der Waals surface area contributed by atoms with Gasteiger partial charge in [0, 0.05) is 7.05 Å². The summed E-state index contributed by atoms with van der Waals surface area (Å²) in [5, 5.41) is 11.6. The van der Waals surface area contributed by atoms with Crippen LogP contribution in [0, 0.1) is 6.07 Å². The third kappa shape index (κ3) is 1.44. The number of hydrogen-bond donors (Lipinski definition) is 1. The van der Waals surface area contributed by atoms with Crippen molar-refractivity contribution in [3.63, 3.8) is 0 Å². The highest BCUT2D eigenvalue weighted by molar-refractivity contribution is 5.13. The van der Waals surface area contributed by atoms with Crippen LogP contribution in [0.4, 0.5) is 13.2 Å². The van der Waals surface area contributed by atoms with E-state index >= 15 is 0 Å². The van der Waals surface area contributed by atoms with Crippen LogP contribution in [-0.2, 0) is 13.2 Å². The van der Waals surface area contributed by atoms with Crippen LogP contribution in [0.2, 0.25) is 0 Å². The van der Waals surface area contributed by atoms with E-state index in [0.717, 1.165) is 0 Å². The minimum Gasteiger partial charge on any atom is -0.493 e. The number of aromatic nitrogens is 2. The highest BCUT2D eigenvalue weighted by Gasteiger charge is 2.35. The van der Waals surface area contributed by atoms with Crippen LogP contribution in [0.3, 0.4) is 0 Å². The van der Waals surface area contributed by atoms with Gasteiger partial charge in [-0.3, -0.25) is 0 Å². The molecule has 0 saturated heterocycles. The Morgan fingerprint density at radius 2 is 2.09 bits per heavy atom. The topological polar surface area (TPSA) is 38.0 Å². The SMILES string of the molecule is Cn1nc(C(F)(F)F)[c]c1O. The first-order chi connectivity index (χ1) is 4.91. The zero-order valence-electron chi connectivity index (χ0n) is 5.48. The number of halogens is 3. The largest absolute Gasteiger partial charge is 0.493 e. The zero-order valence-corrected chi connectivity index (χ0v) is 5.48. The second-order valence-corrected chi connectivity index (χ2v) is 1.92. The van der Waals surface area contributed by atoms with Crippen molar-refractivity contribution in [2.45, 2.75) is 6.18 Å². The van der Waals surface area contributed by atoms with Gasteiger partial charge in [0.05, 0.1) is 6.07 Å². The van der Waals surface area contributed by atoms with E-state index in [1.807, 2.05) is 0 Å². The Labute approximate surface area is 60.1 Å². The first-order valence-corrected chi connectivity index (χ1v) is 2.63. The monoisotopic (exact) mass is 165 g/mol. The summed E-state index contributed by atoms with van der Waals surface area (Å²) in [6, 6.07) is 1.67. The van der Waals surface area contributed by atoms with Gasteiger partial charge >= 0.3 is 6.18 Å². The quantitative estimate of drug-likeness (QED) is 0.621. The fraction of sp³-hybridized carbons (Fsp3) is 0.400. The summed E-state index contributed by atoms with van der Waals surface area (Å²) in [7, 11) is 1.20. The summed E-state index contributed by atoms with van der Waals surface area (Å²) < 4.78 is 36.0. The average molecular weight is 165 g/mol. The molecular formula is C5H4F3N2O. The lowest BCUT2D eigenvalue weighted by Crippen LogP contribution is -2.06. The van der Waals surface area contributed by atoms with Gasteiger partial charge in [-0.05, 0) is 0 Å². The summed E-state index contributed by atoms with van der Waals surface area (Å²) in [4.78, 5) is 0. The van der Waals surface area contributed by atoms with Crippen LogP contribution < -0.4 is 0 Å². The van der Waals surface area contributed by atoms with E-state index < -0.39 is 17.8 Å². The molecule has 0 unspecified atom stereocenters. The summed E-state index contributed by atoms with van der Waals surface area (Å²) >= 11 is 0. The van der Waals surface area contributed by atoms with E-state index in [9.17, 15) is 13.2 Å². The Balaban J connectivity index is 3.08. The van der Waals surface area contributed by atoms with Gasteiger partial charge in [-0.2, -0.15) is 18.3 Å². The van der Waals surface area contributed by atoms with Crippen molar-refractivity contribution < 1.29 is 18.3 Å². The van der Waals surface area contributed by atoms with Crippen molar-refractivity contribution in [2.24, 2.45) is 7.05 Å². The molecule has 61 valence electrons. The summed E-state index contributed by atoms with van der Waals surface area (Å²) in [6.45, 7) is 0. The molecular weight excluding hydrogens is 161 g/mol. The minimum atomic E-state index is -4.54. The Hall–Kier alpha value is -1.20. The Morgan fingerprint density at radius 1 is 1.55 bits per heavy atom. The number of rotatable bonds is 0. The van der Waals surface area contributed by atoms with Gasteiger partial charge in [-0.1, -0.05) is 0 Å². The predicted octanol–water partition coefficient (Wildman–Crippen LogP) is 0.945. The van der Waals surface area contributed by atoms with Crippen LogP contribution in [-0.4, -0.2) is 14.9 Å². The molecule has 0 saturated carbocycles. The van der Waals surface area contributed by atoms with Crippen molar-refractivity contribution in [2.75, 3.05) is 0 Å². The molecule has 0 spiro atoms. The molecule has 1 N–H and O–H groups in total. The van der Waals surface area contributed by atoms with Crippen LogP contribution in [0.5, 0.6) is 5.88 Å². The molecule has 0 atom stereocenters. The van der Waals surface area contributed by atoms with Gasteiger partial charge in [0.25, 0.3) is 0 Å². The molecule has 1 aromatic heterocycles. The number of aryl methyl sites for hydroxylation is 1. The van der Waals surface area contributed by atoms with Crippen molar-refractivity contribution in [1.82, 2.24) is 9.78 Å². The lowest BCUT2D eigenvalue weighted by atomic mass is 10.4. The van der Waals surface area contributed by atoms with E-state index in [4.69, 9.17) is 5.11 Å². The molecule has 0 aliphatic rings. The van der Waals surface area contributed by atoms with Crippen molar-refractivity contribution >= 4 is 0 Å². The molecule has 0 aromatic carbocycles. The predicted molar refractivity (Wildman–Crippen MR) is 28.7 cm³/mol. The van der Waals surface area contributed by atoms with Crippen LogP contribution in [0.1, 0.15) is 5.69 Å². The minimum absolute atomic E-state index is 0.627. The van der Waals surface area contributed by atoms with Crippen LogP contribution >= 0.6 is 0 Å². The van der Waals surface area contributed by atoms with E-state index in [1.165, 1.54) is 7.05 Å². The van der Waals surface area contributed by atoms with E-state index in [-0.39, 0.29) is 0 Å². The van der Waals surface area contributed by atoms with Gasteiger partial charge in [0.1, 0.15) is 0 Å². The molecule has 11 heavy (non-hydrogen) atoms. The Morgan fingerprint density at radius 3 is 2.27 bits per heavy atom. The number of aromatic hydroxyl groups is 1. The molecule has 0 bridgehead atoms. The van der Waals surface area contributed by atoms with Crippen molar-refractivity contribution in [1.29, 1.82) is 0 Å².